The van der Waals surface area contributed by atoms with E-state index in [9.17, 15) is 4.39 Å². The van der Waals surface area contributed by atoms with E-state index >= 15 is 4.39 Å². The van der Waals surface area contributed by atoms with Crippen LogP contribution in [0.15, 0.2) is 83.1 Å². The average Bonchev–Trinajstić information content (AvgIpc) is 3.31. The number of benzene rings is 1. The first-order chi connectivity index (χ1) is 17.3. The highest BCUT2D eigenvalue weighted by molar-refractivity contribution is 5.66. The zero-order valence-electron chi connectivity index (χ0n) is 21.1. The number of nitrogens with zero attached hydrogens (tertiary/aromatic N) is 6. The molecule has 2 aliphatic rings. The Balaban J connectivity index is 1.71. The van der Waals surface area contributed by atoms with Gasteiger partial charge in [-0.2, -0.15) is 9.13 Å². The Morgan fingerprint density at radius 3 is 2.50 bits per heavy atom. The third kappa shape index (κ3) is 3.34. The zero-order valence-corrected chi connectivity index (χ0v) is 21.1. The van der Waals surface area contributed by atoms with Crippen molar-refractivity contribution < 1.29 is 22.6 Å². The SMILES string of the molecule is C=C(CC1(CC)[n+]2ccccc2-c2c(F)cc(F)cc2C1(C)CC)[n+]1ccccc1C1N=NN=[N+]1C. The van der Waals surface area contributed by atoms with Crippen LogP contribution in [0.1, 0.15) is 57.5 Å². The van der Waals surface area contributed by atoms with E-state index in [0.29, 0.717) is 24.0 Å². The summed E-state index contributed by atoms with van der Waals surface area (Å²) in [5, 5.41) is 12.1. The molecule has 0 saturated heterocycles. The second kappa shape index (κ2) is 8.76. The quantitative estimate of drug-likeness (QED) is 0.380. The van der Waals surface area contributed by atoms with Crippen molar-refractivity contribution in [3.8, 4) is 11.3 Å². The van der Waals surface area contributed by atoms with E-state index in [2.05, 4.69) is 47.5 Å². The summed E-state index contributed by atoms with van der Waals surface area (Å²) in [5.41, 5.74) is 2.55. The number of aromatic nitrogens is 2. The Morgan fingerprint density at radius 2 is 1.81 bits per heavy atom. The molecule has 1 aromatic carbocycles. The van der Waals surface area contributed by atoms with Crippen LogP contribution >= 0.6 is 0 Å². The molecule has 0 bridgehead atoms. The number of hydrogen-bond acceptors (Lipinski definition) is 3. The van der Waals surface area contributed by atoms with Crippen LogP contribution < -0.4 is 9.13 Å². The fourth-order valence-electron chi connectivity index (χ4n) is 6.18. The molecule has 5 rings (SSSR count). The summed E-state index contributed by atoms with van der Waals surface area (Å²) in [4.78, 5) is 0. The third-order valence-electron chi connectivity index (χ3n) is 8.23. The Morgan fingerprint density at radius 1 is 1.06 bits per heavy atom. The maximum atomic E-state index is 15.3. The van der Waals surface area contributed by atoms with Gasteiger partial charge in [-0.15, -0.1) is 4.70 Å². The molecule has 184 valence electrons. The summed E-state index contributed by atoms with van der Waals surface area (Å²) in [6.45, 7) is 10.9. The summed E-state index contributed by atoms with van der Waals surface area (Å²) in [6.07, 6.45) is 5.61. The largest absolute Gasteiger partial charge is 0.335 e. The van der Waals surface area contributed by atoms with Gasteiger partial charge in [0, 0.05) is 41.9 Å². The van der Waals surface area contributed by atoms with Crippen LogP contribution in [-0.2, 0) is 11.0 Å². The fourth-order valence-corrected chi connectivity index (χ4v) is 6.18. The highest BCUT2D eigenvalue weighted by Crippen LogP contribution is 2.52. The van der Waals surface area contributed by atoms with Gasteiger partial charge in [0.15, 0.2) is 28.9 Å². The van der Waals surface area contributed by atoms with Crippen molar-refractivity contribution in [2.24, 2.45) is 15.6 Å². The molecule has 0 radical (unpaired) electrons. The zero-order chi connectivity index (χ0) is 25.7. The van der Waals surface area contributed by atoms with Crippen LogP contribution in [0.4, 0.5) is 8.78 Å². The molecule has 3 unspecified atom stereocenters. The fraction of sp³-hybridized carbons (Fsp3) is 0.357. The van der Waals surface area contributed by atoms with Gasteiger partial charge in [-0.3, -0.25) is 0 Å². The highest BCUT2D eigenvalue weighted by Gasteiger charge is 2.61. The third-order valence-corrected chi connectivity index (χ3v) is 8.23. The summed E-state index contributed by atoms with van der Waals surface area (Å²) in [6, 6.07) is 14.2. The van der Waals surface area contributed by atoms with Crippen LogP contribution in [0.3, 0.4) is 0 Å². The monoisotopic (exact) mass is 489 g/mol. The lowest BCUT2D eigenvalue weighted by atomic mass is 9.58. The van der Waals surface area contributed by atoms with Crippen LogP contribution in [-0.4, -0.2) is 11.7 Å². The van der Waals surface area contributed by atoms with Crippen LogP contribution in [0.2, 0.25) is 0 Å². The molecule has 2 aliphatic heterocycles. The van der Waals surface area contributed by atoms with Crippen molar-refractivity contribution in [2.45, 2.75) is 57.2 Å². The van der Waals surface area contributed by atoms with Gasteiger partial charge in [-0.1, -0.05) is 13.8 Å². The highest BCUT2D eigenvalue weighted by atomic mass is 19.1. The first kappa shape index (κ1) is 24.0. The lowest BCUT2D eigenvalue weighted by Crippen LogP contribution is -2.69. The minimum absolute atomic E-state index is 0.353. The van der Waals surface area contributed by atoms with Crippen molar-refractivity contribution in [2.75, 3.05) is 7.05 Å². The molecule has 3 atom stereocenters. The number of hydrogen-bond donors (Lipinski definition) is 0. The van der Waals surface area contributed by atoms with E-state index in [-0.39, 0.29) is 6.17 Å². The Hall–Kier alpha value is -3.68. The van der Waals surface area contributed by atoms with Gasteiger partial charge >= 0.3 is 6.17 Å². The van der Waals surface area contributed by atoms with Gasteiger partial charge in [-0.25, -0.2) is 8.78 Å². The van der Waals surface area contributed by atoms with E-state index in [1.54, 1.807) is 4.70 Å². The number of rotatable bonds is 6. The number of pyridine rings is 2. The summed E-state index contributed by atoms with van der Waals surface area (Å²) >= 11 is 0. The summed E-state index contributed by atoms with van der Waals surface area (Å²) in [7, 11) is 1.83. The molecule has 3 aromatic rings. The van der Waals surface area contributed by atoms with Gasteiger partial charge in [0.05, 0.1) is 17.4 Å². The Bertz CT molecular complexity index is 1430. The predicted octanol–water partition coefficient (Wildman–Crippen LogP) is 6.03. The minimum Gasteiger partial charge on any atom is -0.207 e. The van der Waals surface area contributed by atoms with E-state index in [0.717, 1.165) is 29.6 Å². The Labute approximate surface area is 209 Å². The molecule has 2 aromatic heterocycles. The van der Waals surface area contributed by atoms with Gasteiger partial charge in [0.2, 0.25) is 10.9 Å². The molecular formula is C28H31F2N6+3. The molecule has 0 aliphatic carbocycles. The molecule has 8 heteroatoms. The smallest absolute Gasteiger partial charge is 0.207 e. The average molecular weight is 490 g/mol. The molecule has 0 fully saturated rings. The van der Waals surface area contributed by atoms with Gasteiger partial charge in [-0.05, 0) is 43.7 Å². The first-order valence-electron chi connectivity index (χ1n) is 12.3. The van der Waals surface area contributed by atoms with Crippen molar-refractivity contribution in [3.05, 3.63) is 90.4 Å². The number of fused-ring (bicyclic) bond motifs is 3. The van der Waals surface area contributed by atoms with Crippen LogP contribution in [0.5, 0.6) is 0 Å². The lowest BCUT2D eigenvalue weighted by Gasteiger charge is -2.47. The molecule has 36 heavy (non-hydrogen) atoms. The maximum Gasteiger partial charge on any atom is 0.335 e. The van der Waals surface area contributed by atoms with Gasteiger partial charge < -0.3 is 0 Å². The van der Waals surface area contributed by atoms with Crippen LogP contribution in [0, 0.1) is 11.6 Å². The molecule has 0 saturated carbocycles. The summed E-state index contributed by atoms with van der Waals surface area (Å²) in [5.74, 6) is -1.09. The van der Waals surface area contributed by atoms with Gasteiger partial charge in [0.25, 0.3) is 5.69 Å². The Kier molecular flexibility index (Phi) is 5.85. The normalized spacial score (nSPS) is 24.3. The number of allylic oxidation sites excluding steroid dienone is 1. The topological polar surface area (TPSA) is 47.8 Å². The van der Waals surface area contributed by atoms with E-state index in [1.165, 1.54) is 6.07 Å². The molecule has 0 spiro atoms. The van der Waals surface area contributed by atoms with E-state index in [4.69, 9.17) is 0 Å². The standard InChI is InChI=1S/C28H31F2N6/c1-6-27(4)21-16-20(29)17-22(30)25(21)23-12-9-11-15-36(23)28(27,7-2)18-19(3)35-14-10-8-13-24(35)26-31-32-33-34(26)5/h8-17,26H,3,6-7,18H2,1-2,4-5H3/q+3. The number of halogens is 2. The lowest BCUT2D eigenvalue weighted by molar-refractivity contribution is -0.771. The minimum atomic E-state index is -0.573. The molecule has 4 heterocycles. The van der Waals surface area contributed by atoms with Crippen molar-refractivity contribution in [1.82, 2.24) is 0 Å². The molecule has 0 amide bonds. The van der Waals surface area contributed by atoms with E-state index in [1.807, 2.05) is 60.4 Å². The predicted molar refractivity (Wildman–Crippen MR) is 131 cm³/mol. The van der Waals surface area contributed by atoms with Gasteiger partial charge in [0.1, 0.15) is 18.7 Å². The van der Waals surface area contributed by atoms with E-state index < -0.39 is 22.6 Å². The maximum absolute atomic E-state index is 15.3. The first-order valence-corrected chi connectivity index (χ1v) is 12.3. The molecular weight excluding hydrogens is 458 g/mol. The summed E-state index contributed by atoms with van der Waals surface area (Å²) < 4.78 is 35.9. The second-order valence-corrected chi connectivity index (χ2v) is 9.82. The molecule has 0 N–H and O–H groups in total. The molecule has 6 nitrogen and oxygen atoms in total. The second-order valence-electron chi connectivity index (χ2n) is 9.82. The van der Waals surface area contributed by atoms with Crippen molar-refractivity contribution in [1.29, 1.82) is 0 Å². The van der Waals surface area contributed by atoms with Crippen molar-refractivity contribution in [3.63, 3.8) is 0 Å². The van der Waals surface area contributed by atoms with Crippen molar-refractivity contribution >= 4 is 5.70 Å². The van der Waals surface area contributed by atoms with Crippen LogP contribution in [0.25, 0.3) is 17.0 Å².